The molecule has 17 heavy (non-hydrogen) atoms. The van der Waals surface area contributed by atoms with Crippen molar-refractivity contribution in [2.75, 3.05) is 26.7 Å². The number of nitrogens with zero attached hydrogens (tertiary/aromatic N) is 3. The third-order valence-electron chi connectivity index (χ3n) is 3.55. The number of nitriles is 1. The van der Waals surface area contributed by atoms with E-state index in [0.717, 1.165) is 26.1 Å². The SMILES string of the molecule is CCN1CCCC1CN(C)C(=O)C(C)(C)C#N. The molecule has 1 unspecified atom stereocenters. The van der Waals surface area contributed by atoms with E-state index in [9.17, 15) is 4.79 Å². The fourth-order valence-electron chi connectivity index (χ4n) is 2.44. The molecule has 1 rings (SSSR count). The first kappa shape index (κ1) is 14.0. The molecular weight excluding hydrogens is 214 g/mol. The maximum absolute atomic E-state index is 12.1. The van der Waals surface area contributed by atoms with Crippen LogP contribution in [0.15, 0.2) is 0 Å². The highest BCUT2D eigenvalue weighted by Crippen LogP contribution is 2.21. The van der Waals surface area contributed by atoms with Crippen molar-refractivity contribution in [2.45, 2.75) is 39.7 Å². The van der Waals surface area contributed by atoms with Gasteiger partial charge in [0.25, 0.3) is 0 Å². The Balaban J connectivity index is 2.58. The molecule has 0 aromatic heterocycles. The molecule has 0 aliphatic carbocycles. The van der Waals surface area contributed by atoms with Gasteiger partial charge in [0.05, 0.1) is 6.07 Å². The smallest absolute Gasteiger partial charge is 0.242 e. The van der Waals surface area contributed by atoms with Gasteiger partial charge in [-0.25, -0.2) is 0 Å². The van der Waals surface area contributed by atoms with Crippen molar-refractivity contribution in [3.63, 3.8) is 0 Å². The molecule has 0 spiro atoms. The van der Waals surface area contributed by atoms with Crippen molar-refractivity contribution in [1.29, 1.82) is 5.26 Å². The second-order valence-corrected chi connectivity index (χ2v) is 5.35. The summed E-state index contributed by atoms with van der Waals surface area (Å²) in [4.78, 5) is 16.2. The number of rotatable bonds is 4. The van der Waals surface area contributed by atoms with Crippen LogP contribution in [0.3, 0.4) is 0 Å². The van der Waals surface area contributed by atoms with Crippen LogP contribution in [-0.2, 0) is 4.79 Å². The lowest BCUT2D eigenvalue weighted by Gasteiger charge is -2.30. The minimum atomic E-state index is -0.912. The fourth-order valence-corrected chi connectivity index (χ4v) is 2.44. The summed E-state index contributed by atoms with van der Waals surface area (Å²) in [7, 11) is 1.80. The topological polar surface area (TPSA) is 47.3 Å². The second kappa shape index (κ2) is 5.50. The van der Waals surface area contributed by atoms with Crippen LogP contribution in [0.2, 0.25) is 0 Å². The average Bonchev–Trinajstić information content (AvgIpc) is 2.75. The van der Waals surface area contributed by atoms with Crippen LogP contribution >= 0.6 is 0 Å². The number of hydrogen-bond donors (Lipinski definition) is 0. The Morgan fingerprint density at radius 3 is 2.76 bits per heavy atom. The fraction of sp³-hybridized carbons (Fsp3) is 0.846. The molecule has 96 valence electrons. The molecule has 0 N–H and O–H groups in total. The Morgan fingerprint density at radius 1 is 1.59 bits per heavy atom. The van der Waals surface area contributed by atoms with E-state index in [1.165, 1.54) is 6.42 Å². The van der Waals surface area contributed by atoms with Gasteiger partial charge in [0.1, 0.15) is 5.41 Å². The van der Waals surface area contributed by atoms with Gasteiger partial charge in [-0.1, -0.05) is 6.92 Å². The van der Waals surface area contributed by atoms with Gasteiger partial charge in [-0.2, -0.15) is 5.26 Å². The molecule has 1 amide bonds. The molecule has 0 radical (unpaired) electrons. The molecule has 4 heteroatoms. The van der Waals surface area contributed by atoms with E-state index < -0.39 is 5.41 Å². The first-order valence-corrected chi connectivity index (χ1v) is 6.33. The summed E-state index contributed by atoms with van der Waals surface area (Å²) < 4.78 is 0. The lowest BCUT2D eigenvalue weighted by Crippen LogP contribution is -2.45. The Morgan fingerprint density at radius 2 is 2.24 bits per heavy atom. The number of likely N-dealkylation sites (N-methyl/N-ethyl adjacent to an activating group) is 2. The average molecular weight is 237 g/mol. The summed E-state index contributed by atoms with van der Waals surface area (Å²) >= 11 is 0. The molecule has 1 atom stereocenters. The van der Waals surface area contributed by atoms with E-state index in [2.05, 4.69) is 17.9 Å². The lowest BCUT2D eigenvalue weighted by molar-refractivity contribution is -0.136. The van der Waals surface area contributed by atoms with E-state index in [1.807, 2.05) is 0 Å². The molecular formula is C13H23N3O. The normalized spacial score (nSPS) is 21.2. The van der Waals surface area contributed by atoms with Crippen LogP contribution in [-0.4, -0.2) is 48.4 Å². The highest BCUT2D eigenvalue weighted by atomic mass is 16.2. The summed E-state index contributed by atoms with van der Waals surface area (Å²) in [5.74, 6) is -0.0806. The van der Waals surface area contributed by atoms with Gasteiger partial charge in [0.2, 0.25) is 5.91 Å². The maximum atomic E-state index is 12.1. The van der Waals surface area contributed by atoms with Gasteiger partial charge in [-0.3, -0.25) is 9.69 Å². The van der Waals surface area contributed by atoms with Gasteiger partial charge in [0, 0.05) is 19.6 Å². The molecule has 1 aliphatic rings. The largest absolute Gasteiger partial charge is 0.343 e. The Hall–Kier alpha value is -1.08. The van der Waals surface area contributed by atoms with Crippen LogP contribution in [0.5, 0.6) is 0 Å². The van der Waals surface area contributed by atoms with Gasteiger partial charge in [-0.05, 0) is 39.8 Å². The van der Waals surface area contributed by atoms with Gasteiger partial charge < -0.3 is 4.90 Å². The number of likely N-dealkylation sites (tertiary alicyclic amines) is 1. The minimum Gasteiger partial charge on any atom is -0.343 e. The predicted octanol–water partition coefficient (Wildman–Crippen LogP) is 1.48. The molecule has 0 aromatic carbocycles. The standard InChI is InChI=1S/C13H23N3O/c1-5-16-8-6-7-11(16)9-15(4)12(17)13(2,3)10-14/h11H,5-9H2,1-4H3. The Labute approximate surface area is 104 Å². The van der Waals surface area contributed by atoms with Crippen molar-refractivity contribution < 1.29 is 4.79 Å². The number of hydrogen-bond acceptors (Lipinski definition) is 3. The Bertz CT molecular complexity index is 319. The van der Waals surface area contributed by atoms with Crippen LogP contribution in [0.4, 0.5) is 0 Å². The first-order valence-electron chi connectivity index (χ1n) is 6.33. The van der Waals surface area contributed by atoms with Crippen molar-refractivity contribution >= 4 is 5.91 Å². The van der Waals surface area contributed by atoms with E-state index in [-0.39, 0.29) is 5.91 Å². The van der Waals surface area contributed by atoms with Crippen LogP contribution in [0.25, 0.3) is 0 Å². The lowest BCUT2D eigenvalue weighted by atomic mass is 9.94. The van der Waals surface area contributed by atoms with Crippen LogP contribution in [0.1, 0.15) is 33.6 Å². The maximum Gasteiger partial charge on any atom is 0.242 e. The third-order valence-corrected chi connectivity index (χ3v) is 3.55. The van der Waals surface area contributed by atoms with Gasteiger partial charge >= 0.3 is 0 Å². The zero-order valence-electron chi connectivity index (χ0n) is 11.4. The number of carbonyl (C=O) groups excluding carboxylic acids is 1. The second-order valence-electron chi connectivity index (χ2n) is 5.35. The zero-order valence-corrected chi connectivity index (χ0v) is 11.4. The predicted molar refractivity (Wildman–Crippen MR) is 67.3 cm³/mol. The van der Waals surface area contributed by atoms with E-state index in [1.54, 1.807) is 25.8 Å². The number of amides is 1. The van der Waals surface area contributed by atoms with Gasteiger partial charge in [0.15, 0.2) is 0 Å². The molecule has 1 fully saturated rings. The highest BCUT2D eigenvalue weighted by Gasteiger charge is 2.33. The summed E-state index contributed by atoms with van der Waals surface area (Å²) in [6.45, 7) is 8.41. The summed E-state index contributed by atoms with van der Waals surface area (Å²) in [6.07, 6.45) is 2.36. The van der Waals surface area contributed by atoms with Crippen molar-refractivity contribution in [1.82, 2.24) is 9.80 Å². The van der Waals surface area contributed by atoms with E-state index in [0.29, 0.717) is 6.04 Å². The molecule has 1 heterocycles. The minimum absolute atomic E-state index is 0.0806. The van der Waals surface area contributed by atoms with Crippen molar-refractivity contribution in [2.24, 2.45) is 5.41 Å². The zero-order chi connectivity index (χ0) is 13.1. The molecule has 1 aliphatic heterocycles. The van der Waals surface area contributed by atoms with Crippen LogP contribution in [0, 0.1) is 16.7 Å². The van der Waals surface area contributed by atoms with E-state index >= 15 is 0 Å². The van der Waals surface area contributed by atoms with Gasteiger partial charge in [-0.15, -0.1) is 0 Å². The monoisotopic (exact) mass is 237 g/mol. The van der Waals surface area contributed by atoms with Crippen molar-refractivity contribution in [3.05, 3.63) is 0 Å². The van der Waals surface area contributed by atoms with Crippen molar-refractivity contribution in [3.8, 4) is 6.07 Å². The summed E-state index contributed by atoms with van der Waals surface area (Å²) in [5, 5.41) is 8.96. The van der Waals surface area contributed by atoms with E-state index in [4.69, 9.17) is 5.26 Å². The molecule has 0 saturated carbocycles. The first-order chi connectivity index (χ1) is 7.92. The molecule has 1 saturated heterocycles. The summed E-state index contributed by atoms with van der Waals surface area (Å²) in [5.41, 5.74) is -0.912. The molecule has 0 bridgehead atoms. The quantitative estimate of drug-likeness (QED) is 0.744. The molecule has 0 aromatic rings. The molecule has 4 nitrogen and oxygen atoms in total. The summed E-state index contributed by atoms with van der Waals surface area (Å²) in [6, 6.07) is 2.53. The number of carbonyl (C=O) groups is 1. The highest BCUT2D eigenvalue weighted by molar-refractivity contribution is 5.84. The third kappa shape index (κ3) is 3.19. The Kier molecular flexibility index (Phi) is 4.53. The van der Waals surface area contributed by atoms with Crippen LogP contribution < -0.4 is 0 Å².